The summed E-state index contributed by atoms with van der Waals surface area (Å²) in [6, 6.07) is 14.8. The van der Waals surface area contributed by atoms with E-state index in [1.54, 1.807) is 0 Å². The van der Waals surface area contributed by atoms with Crippen LogP contribution in [-0.2, 0) is 6.42 Å². The highest BCUT2D eigenvalue weighted by Gasteiger charge is 2.25. The van der Waals surface area contributed by atoms with Crippen LogP contribution >= 0.6 is 15.9 Å². The highest BCUT2D eigenvalue weighted by atomic mass is 79.9. The van der Waals surface area contributed by atoms with Crippen LogP contribution < -0.4 is 4.74 Å². The number of ether oxygens (including phenoxy) is 1. The molecule has 1 unspecified atom stereocenters. The van der Waals surface area contributed by atoms with Gasteiger partial charge in [0.25, 0.3) is 0 Å². The minimum absolute atomic E-state index is 0.550. The van der Waals surface area contributed by atoms with Gasteiger partial charge < -0.3 is 4.74 Å². The van der Waals surface area contributed by atoms with Crippen molar-refractivity contribution in [3.63, 3.8) is 0 Å². The van der Waals surface area contributed by atoms with Gasteiger partial charge in [0.1, 0.15) is 5.75 Å². The van der Waals surface area contributed by atoms with E-state index < -0.39 is 0 Å². The molecule has 0 spiro atoms. The summed E-state index contributed by atoms with van der Waals surface area (Å²) < 4.78 is 6.94. The molecule has 1 nitrogen and oxygen atoms in total. The van der Waals surface area contributed by atoms with E-state index in [-0.39, 0.29) is 0 Å². The molecule has 92 valence electrons. The highest BCUT2D eigenvalue weighted by Crippen LogP contribution is 2.36. The van der Waals surface area contributed by atoms with Gasteiger partial charge in [0.15, 0.2) is 0 Å². The van der Waals surface area contributed by atoms with Crippen LogP contribution in [0, 0.1) is 6.92 Å². The van der Waals surface area contributed by atoms with Crippen molar-refractivity contribution in [3.8, 4) is 5.75 Å². The lowest BCUT2D eigenvalue weighted by molar-refractivity contribution is 0.273. The lowest BCUT2D eigenvalue weighted by Gasteiger charge is -2.30. The number of hydrogen-bond acceptors (Lipinski definition) is 1. The Morgan fingerprint density at radius 3 is 2.83 bits per heavy atom. The molecule has 1 aliphatic rings. The molecule has 0 fully saturated rings. The van der Waals surface area contributed by atoms with Crippen molar-refractivity contribution in [1.82, 2.24) is 0 Å². The van der Waals surface area contributed by atoms with E-state index in [4.69, 9.17) is 4.74 Å². The lowest BCUT2D eigenvalue weighted by atomic mass is 9.78. The number of halogens is 1. The largest absolute Gasteiger partial charge is 0.492 e. The highest BCUT2D eigenvalue weighted by molar-refractivity contribution is 9.10. The molecule has 0 amide bonds. The standard InChI is InChI=1S/C16H15BrO/c1-11-6-7-16(15(17)8-11)18-10-13-9-12-4-2-3-5-14(12)13/h2-8,13H,9-10H2,1H3. The zero-order valence-corrected chi connectivity index (χ0v) is 11.9. The Kier molecular flexibility index (Phi) is 3.13. The van der Waals surface area contributed by atoms with Gasteiger partial charge in [0.2, 0.25) is 0 Å². The van der Waals surface area contributed by atoms with Crippen molar-refractivity contribution in [1.29, 1.82) is 0 Å². The van der Waals surface area contributed by atoms with E-state index in [0.717, 1.165) is 23.2 Å². The zero-order valence-electron chi connectivity index (χ0n) is 10.3. The van der Waals surface area contributed by atoms with E-state index in [2.05, 4.69) is 59.3 Å². The number of aryl methyl sites for hydroxylation is 1. The number of hydrogen-bond donors (Lipinski definition) is 0. The SMILES string of the molecule is Cc1ccc(OCC2Cc3ccccc32)c(Br)c1. The van der Waals surface area contributed by atoms with Crippen LogP contribution in [0.1, 0.15) is 22.6 Å². The Morgan fingerprint density at radius 2 is 2.06 bits per heavy atom. The fourth-order valence-corrected chi connectivity index (χ4v) is 3.03. The maximum atomic E-state index is 5.91. The maximum Gasteiger partial charge on any atom is 0.133 e. The van der Waals surface area contributed by atoms with Crippen LogP contribution in [0.4, 0.5) is 0 Å². The fraction of sp³-hybridized carbons (Fsp3) is 0.250. The van der Waals surface area contributed by atoms with Gasteiger partial charge in [-0.15, -0.1) is 0 Å². The zero-order chi connectivity index (χ0) is 12.5. The topological polar surface area (TPSA) is 9.23 Å². The van der Waals surface area contributed by atoms with Gasteiger partial charge in [-0.25, -0.2) is 0 Å². The monoisotopic (exact) mass is 302 g/mol. The molecule has 2 aromatic carbocycles. The molecule has 0 saturated heterocycles. The van der Waals surface area contributed by atoms with Crippen LogP contribution in [0.15, 0.2) is 46.9 Å². The molecule has 0 radical (unpaired) electrons. The molecular formula is C16H15BrO. The summed E-state index contributed by atoms with van der Waals surface area (Å²) in [5.41, 5.74) is 4.15. The number of rotatable bonds is 3. The second-order valence-corrected chi connectivity index (χ2v) is 5.70. The van der Waals surface area contributed by atoms with Crippen molar-refractivity contribution in [2.24, 2.45) is 0 Å². The van der Waals surface area contributed by atoms with Gasteiger partial charge in [-0.1, -0.05) is 30.3 Å². The molecule has 0 aromatic heterocycles. The Morgan fingerprint density at radius 1 is 1.22 bits per heavy atom. The van der Waals surface area contributed by atoms with Crippen molar-refractivity contribution in [2.45, 2.75) is 19.3 Å². The molecule has 1 aliphatic carbocycles. The van der Waals surface area contributed by atoms with Crippen LogP contribution in [0.3, 0.4) is 0 Å². The maximum absolute atomic E-state index is 5.91. The molecule has 0 heterocycles. The lowest BCUT2D eigenvalue weighted by Crippen LogP contribution is -2.23. The van der Waals surface area contributed by atoms with Crippen LogP contribution in [0.25, 0.3) is 0 Å². The van der Waals surface area contributed by atoms with Gasteiger partial charge in [0, 0.05) is 5.92 Å². The molecule has 0 aliphatic heterocycles. The third-order valence-electron chi connectivity index (χ3n) is 3.49. The third-order valence-corrected chi connectivity index (χ3v) is 4.11. The second kappa shape index (κ2) is 4.77. The minimum atomic E-state index is 0.550. The predicted octanol–water partition coefficient (Wildman–Crippen LogP) is 4.48. The second-order valence-electron chi connectivity index (χ2n) is 4.84. The van der Waals surface area contributed by atoms with E-state index in [1.165, 1.54) is 16.7 Å². The quantitative estimate of drug-likeness (QED) is 0.812. The van der Waals surface area contributed by atoms with E-state index in [0.29, 0.717) is 5.92 Å². The summed E-state index contributed by atoms with van der Waals surface area (Å²) >= 11 is 3.54. The number of fused-ring (bicyclic) bond motifs is 1. The molecule has 2 aromatic rings. The minimum Gasteiger partial charge on any atom is -0.492 e. The van der Waals surface area contributed by atoms with Crippen molar-refractivity contribution >= 4 is 15.9 Å². The van der Waals surface area contributed by atoms with Crippen molar-refractivity contribution in [3.05, 3.63) is 63.6 Å². The fourth-order valence-electron chi connectivity index (χ4n) is 2.42. The van der Waals surface area contributed by atoms with Gasteiger partial charge in [-0.2, -0.15) is 0 Å². The summed E-state index contributed by atoms with van der Waals surface area (Å²) in [5.74, 6) is 1.49. The molecule has 0 saturated carbocycles. The molecular weight excluding hydrogens is 288 g/mol. The molecule has 0 bridgehead atoms. The first-order valence-electron chi connectivity index (χ1n) is 6.21. The molecule has 1 atom stereocenters. The molecule has 18 heavy (non-hydrogen) atoms. The van der Waals surface area contributed by atoms with Crippen LogP contribution in [0.5, 0.6) is 5.75 Å². The Balaban J connectivity index is 1.66. The summed E-state index contributed by atoms with van der Waals surface area (Å²) in [6.07, 6.45) is 1.14. The van der Waals surface area contributed by atoms with E-state index in [1.807, 2.05) is 6.07 Å². The van der Waals surface area contributed by atoms with Crippen molar-refractivity contribution in [2.75, 3.05) is 6.61 Å². The summed E-state index contributed by atoms with van der Waals surface area (Å²) in [6.45, 7) is 2.84. The van der Waals surface area contributed by atoms with Crippen LogP contribution in [-0.4, -0.2) is 6.61 Å². The van der Waals surface area contributed by atoms with Gasteiger partial charge in [0.05, 0.1) is 11.1 Å². The molecule has 2 heteroatoms. The first-order valence-corrected chi connectivity index (χ1v) is 7.00. The molecule has 3 rings (SSSR count). The third kappa shape index (κ3) is 2.17. The van der Waals surface area contributed by atoms with E-state index >= 15 is 0 Å². The van der Waals surface area contributed by atoms with Gasteiger partial charge in [-0.3, -0.25) is 0 Å². The van der Waals surface area contributed by atoms with Crippen molar-refractivity contribution < 1.29 is 4.74 Å². The van der Waals surface area contributed by atoms with Crippen LogP contribution in [0.2, 0.25) is 0 Å². The van der Waals surface area contributed by atoms with Gasteiger partial charge in [-0.05, 0) is 58.1 Å². The summed E-state index contributed by atoms with van der Waals surface area (Å²) in [4.78, 5) is 0. The first kappa shape index (κ1) is 11.8. The Bertz CT molecular complexity index is 577. The van der Waals surface area contributed by atoms with E-state index in [9.17, 15) is 0 Å². The smallest absolute Gasteiger partial charge is 0.133 e. The normalized spacial score (nSPS) is 16.9. The average molecular weight is 303 g/mol. The summed E-state index contributed by atoms with van der Waals surface area (Å²) in [7, 11) is 0. The van der Waals surface area contributed by atoms with Gasteiger partial charge >= 0.3 is 0 Å². The molecule has 0 N–H and O–H groups in total. The summed E-state index contributed by atoms with van der Waals surface area (Å²) in [5, 5.41) is 0. The average Bonchev–Trinajstić information content (AvgIpc) is 2.33. The Labute approximate surface area is 116 Å². The first-order chi connectivity index (χ1) is 8.74. The Hall–Kier alpha value is -1.28. The predicted molar refractivity (Wildman–Crippen MR) is 77.3 cm³/mol. The number of benzene rings is 2.